The lowest BCUT2D eigenvalue weighted by molar-refractivity contribution is -0.385. The first-order valence-corrected chi connectivity index (χ1v) is 7.52. The molecule has 26 heavy (non-hydrogen) atoms. The first kappa shape index (κ1) is 16.9. The maximum absolute atomic E-state index is 12.0. The van der Waals surface area contributed by atoms with E-state index in [1.807, 2.05) is 6.07 Å². The third-order valence-electron chi connectivity index (χ3n) is 3.64. The van der Waals surface area contributed by atoms with Gasteiger partial charge in [-0.3, -0.25) is 14.9 Å². The highest BCUT2D eigenvalue weighted by atomic mass is 16.6. The summed E-state index contributed by atoms with van der Waals surface area (Å²) >= 11 is 0. The van der Waals surface area contributed by atoms with Gasteiger partial charge in [0.2, 0.25) is 0 Å². The Labute approximate surface area is 147 Å². The lowest BCUT2D eigenvalue weighted by Gasteiger charge is -2.12. The molecule has 0 amide bonds. The molecule has 3 rings (SSSR count). The summed E-state index contributed by atoms with van der Waals surface area (Å²) in [6, 6.07) is 10.5. The van der Waals surface area contributed by atoms with E-state index in [1.54, 1.807) is 37.3 Å². The minimum atomic E-state index is -0.546. The molecule has 9 nitrogen and oxygen atoms in total. The van der Waals surface area contributed by atoms with E-state index in [2.05, 4.69) is 10.1 Å². The quantitative estimate of drug-likeness (QED) is 0.555. The average molecular weight is 351 g/mol. The fourth-order valence-electron chi connectivity index (χ4n) is 2.48. The van der Waals surface area contributed by atoms with Gasteiger partial charge in [0.05, 0.1) is 4.92 Å². The molecule has 0 saturated carbocycles. The highest BCUT2D eigenvalue weighted by Gasteiger charge is 2.15. The van der Waals surface area contributed by atoms with Gasteiger partial charge < -0.3 is 9.72 Å². The van der Waals surface area contributed by atoms with Gasteiger partial charge in [-0.15, -0.1) is 0 Å². The molecule has 0 saturated heterocycles. The van der Waals surface area contributed by atoms with E-state index in [4.69, 9.17) is 4.74 Å². The van der Waals surface area contributed by atoms with Gasteiger partial charge in [0.25, 0.3) is 5.56 Å². The molecule has 0 aliphatic heterocycles. The second-order valence-corrected chi connectivity index (χ2v) is 5.45. The van der Waals surface area contributed by atoms with Crippen LogP contribution in [0, 0.1) is 28.4 Å². The van der Waals surface area contributed by atoms with Crippen molar-refractivity contribution in [1.29, 1.82) is 5.26 Å². The molecule has 0 radical (unpaired) electrons. The summed E-state index contributed by atoms with van der Waals surface area (Å²) in [7, 11) is 0. The predicted octanol–water partition coefficient (Wildman–Crippen LogP) is 2.36. The number of H-pyrrole nitrogens is 1. The molecule has 3 aromatic rings. The number of nitrogens with zero attached hydrogens (tertiary/aromatic N) is 4. The molecule has 9 heteroatoms. The van der Waals surface area contributed by atoms with Crippen LogP contribution in [0.2, 0.25) is 0 Å². The van der Waals surface area contributed by atoms with Crippen LogP contribution in [0.1, 0.15) is 11.3 Å². The van der Waals surface area contributed by atoms with Crippen LogP contribution in [0.3, 0.4) is 0 Å². The number of rotatable bonds is 5. The first-order chi connectivity index (χ1) is 12.5. The normalized spacial score (nSPS) is 10.3. The monoisotopic (exact) mass is 351 g/mol. The number of para-hydroxylation sites is 1. The van der Waals surface area contributed by atoms with E-state index in [-0.39, 0.29) is 18.0 Å². The number of aryl methyl sites for hydroxylation is 1. The molecule has 0 atom stereocenters. The SMILES string of the molecule is Cc1cc(-c2ccccc2OCn2cc([N+](=O)[O-])cn2)c(C#N)c(=O)[nH]1. The summed E-state index contributed by atoms with van der Waals surface area (Å²) in [5, 5.41) is 23.9. The fourth-order valence-corrected chi connectivity index (χ4v) is 2.48. The van der Waals surface area contributed by atoms with Crippen molar-refractivity contribution < 1.29 is 9.66 Å². The zero-order chi connectivity index (χ0) is 18.7. The van der Waals surface area contributed by atoms with Crippen LogP contribution in [0.4, 0.5) is 5.69 Å². The maximum atomic E-state index is 12.0. The minimum Gasteiger partial charge on any atom is -0.471 e. The lowest BCUT2D eigenvalue weighted by Crippen LogP contribution is -2.13. The van der Waals surface area contributed by atoms with Crippen molar-refractivity contribution in [2.75, 3.05) is 0 Å². The molecule has 0 fully saturated rings. The van der Waals surface area contributed by atoms with E-state index in [0.29, 0.717) is 22.6 Å². The largest absolute Gasteiger partial charge is 0.471 e. The van der Waals surface area contributed by atoms with Crippen LogP contribution in [0.5, 0.6) is 5.75 Å². The van der Waals surface area contributed by atoms with E-state index in [1.165, 1.54) is 10.9 Å². The van der Waals surface area contributed by atoms with Gasteiger partial charge in [0.15, 0.2) is 6.73 Å². The summed E-state index contributed by atoms with van der Waals surface area (Å²) < 4.78 is 6.99. The lowest BCUT2D eigenvalue weighted by atomic mass is 10.0. The Morgan fingerprint density at radius 2 is 2.15 bits per heavy atom. The zero-order valence-electron chi connectivity index (χ0n) is 13.7. The zero-order valence-corrected chi connectivity index (χ0v) is 13.7. The van der Waals surface area contributed by atoms with E-state index in [0.717, 1.165) is 6.20 Å². The van der Waals surface area contributed by atoms with Gasteiger partial charge in [-0.1, -0.05) is 18.2 Å². The Balaban J connectivity index is 1.96. The van der Waals surface area contributed by atoms with Gasteiger partial charge in [-0.05, 0) is 19.1 Å². The highest BCUT2D eigenvalue weighted by molar-refractivity contribution is 5.75. The van der Waals surface area contributed by atoms with Crippen molar-refractivity contribution in [3.8, 4) is 22.9 Å². The van der Waals surface area contributed by atoms with E-state index in [9.17, 15) is 20.2 Å². The van der Waals surface area contributed by atoms with Crippen LogP contribution < -0.4 is 10.3 Å². The number of ether oxygens (including phenoxy) is 1. The number of nitriles is 1. The van der Waals surface area contributed by atoms with Crippen LogP contribution in [0.15, 0.2) is 47.5 Å². The number of pyridine rings is 1. The summed E-state index contributed by atoms with van der Waals surface area (Å²) in [4.78, 5) is 24.8. The number of hydrogen-bond donors (Lipinski definition) is 1. The Bertz CT molecular complexity index is 1080. The van der Waals surface area contributed by atoms with Gasteiger partial charge in [-0.25, -0.2) is 4.68 Å². The van der Waals surface area contributed by atoms with Gasteiger partial charge in [0, 0.05) is 16.8 Å². The Morgan fingerprint density at radius 1 is 1.38 bits per heavy atom. The molecule has 130 valence electrons. The summed E-state index contributed by atoms with van der Waals surface area (Å²) in [5.41, 5.74) is 1.01. The van der Waals surface area contributed by atoms with Crippen LogP contribution in [-0.2, 0) is 6.73 Å². The smallest absolute Gasteiger partial charge is 0.307 e. The molecule has 2 heterocycles. The van der Waals surface area contributed by atoms with E-state index >= 15 is 0 Å². The second-order valence-electron chi connectivity index (χ2n) is 5.45. The number of aromatic nitrogens is 3. The molecule has 0 aliphatic rings. The molecule has 0 spiro atoms. The van der Waals surface area contributed by atoms with Crippen molar-refractivity contribution in [1.82, 2.24) is 14.8 Å². The van der Waals surface area contributed by atoms with Crippen LogP contribution >= 0.6 is 0 Å². The van der Waals surface area contributed by atoms with Crippen molar-refractivity contribution in [2.24, 2.45) is 0 Å². The molecule has 1 aromatic carbocycles. The number of benzene rings is 1. The maximum Gasteiger partial charge on any atom is 0.307 e. The topological polar surface area (TPSA) is 127 Å². The predicted molar refractivity (Wildman–Crippen MR) is 91.5 cm³/mol. The molecular formula is C17H13N5O4. The molecule has 0 aliphatic carbocycles. The van der Waals surface area contributed by atoms with Crippen molar-refractivity contribution in [3.05, 3.63) is 74.5 Å². The van der Waals surface area contributed by atoms with Gasteiger partial charge >= 0.3 is 5.69 Å². The minimum absolute atomic E-state index is 0.0126. The molecule has 1 N–H and O–H groups in total. The third kappa shape index (κ3) is 3.29. The summed E-state index contributed by atoms with van der Waals surface area (Å²) in [6.07, 6.45) is 2.38. The highest BCUT2D eigenvalue weighted by Crippen LogP contribution is 2.31. The van der Waals surface area contributed by atoms with Crippen molar-refractivity contribution in [3.63, 3.8) is 0 Å². The van der Waals surface area contributed by atoms with Crippen molar-refractivity contribution in [2.45, 2.75) is 13.7 Å². The standard InChI is InChI=1S/C17H13N5O4/c1-11-6-14(15(7-18)17(23)20-11)13-4-2-3-5-16(13)26-10-21-9-12(8-19-21)22(24)25/h2-6,8-9H,10H2,1H3,(H,20,23). The second kappa shape index (κ2) is 6.90. The van der Waals surface area contributed by atoms with Crippen LogP contribution in [0.25, 0.3) is 11.1 Å². The third-order valence-corrected chi connectivity index (χ3v) is 3.64. The molecule has 0 unspecified atom stereocenters. The van der Waals surface area contributed by atoms with Crippen molar-refractivity contribution >= 4 is 5.69 Å². The Morgan fingerprint density at radius 3 is 2.85 bits per heavy atom. The Kier molecular flexibility index (Phi) is 4.49. The average Bonchev–Trinajstić information content (AvgIpc) is 3.09. The molecule has 0 bridgehead atoms. The number of nitro groups is 1. The summed E-state index contributed by atoms with van der Waals surface area (Å²) in [6.45, 7) is 1.66. The fraction of sp³-hybridized carbons (Fsp3) is 0.118. The summed E-state index contributed by atoms with van der Waals surface area (Å²) in [5.74, 6) is 0.423. The molecule has 2 aromatic heterocycles. The van der Waals surface area contributed by atoms with Crippen LogP contribution in [-0.4, -0.2) is 19.7 Å². The molecular weight excluding hydrogens is 338 g/mol. The first-order valence-electron chi connectivity index (χ1n) is 7.52. The Hall–Kier alpha value is -3.93. The van der Waals surface area contributed by atoms with E-state index < -0.39 is 10.5 Å². The van der Waals surface area contributed by atoms with Gasteiger partial charge in [0.1, 0.15) is 29.8 Å². The number of hydrogen-bond acceptors (Lipinski definition) is 6. The number of aromatic amines is 1. The number of nitrogens with one attached hydrogen (secondary N) is 1. The van der Waals surface area contributed by atoms with Gasteiger partial charge in [-0.2, -0.15) is 10.4 Å².